The summed E-state index contributed by atoms with van der Waals surface area (Å²) in [7, 11) is 0. The first-order chi connectivity index (χ1) is 9.79. The minimum atomic E-state index is 0.525. The number of hydrogen-bond donors (Lipinski definition) is 2. The highest BCUT2D eigenvalue weighted by Gasteiger charge is 2.23. The predicted octanol–water partition coefficient (Wildman–Crippen LogP) is 1.97. The molecule has 0 radical (unpaired) electrons. The average molecular weight is 274 g/mol. The average Bonchev–Trinajstić information content (AvgIpc) is 2.91. The van der Waals surface area contributed by atoms with Crippen LogP contribution >= 0.6 is 0 Å². The van der Waals surface area contributed by atoms with Crippen LogP contribution < -0.4 is 11.1 Å². The predicted molar refractivity (Wildman–Crippen MR) is 84.7 cm³/mol. The van der Waals surface area contributed by atoms with E-state index >= 15 is 0 Å². The number of benzene rings is 1. The largest absolute Gasteiger partial charge is 0.370 e. The van der Waals surface area contributed by atoms with Gasteiger partial charge in [0.15, 0.2) is 5.96 Å². The third-order valence-electron chi connectivity index (χ3n) is 3.76. The van der Waals surface area contributed by atoms with Crippen LogP contribution in [0.4, 0.5) is 0 Å². The van der Waals surface area contributed by atoms with Gasteiger partial charge >= 0.3 is 0 Å². The van der Waals surface area contributed by atoms with Crippen LogP contribution in [0, 0.1) is 0 Å². The number of guanidine groups is 1. The Kier molecular flexibility index (Phi) is 5.87. The van der Waals surface area contributed by atoms with Gasteiger partial charge in [0.05, 0.1) is 6.54 Å². The molecule has 1 atom stereocenters. The highest BCUT2D eigenvalue weighted by Crippen LogP contribution is 2.20. The van der Waals surface area contributed by atoms with Gasteiger partial charge < -0.3 is 11.1 Å². The van der Waals surface area contributed by atoms with Gasteiger partial charge in [-0.3, -0.25) is 9.89 Å². The summed E-state index contributed by atoms with van der Waals surface area (Å²) in [4.78, 5) is 7.00. The molecule has 0 aliphatic carbocycles. The number of nitrogens with two attached hydrogens (primary N) is 1. The molecule has 4 nitrogen and oxygen atoms in total. The van der Waals surface area contributed by atoms with E-state index < -0.39 is 0 Å². The van der Waals surface area contributed by atoms with Crippen LogP contribution in [0.3, 0.4) is 0 Å². The Morgan fingerprint density at radius 1 is 1.40 bits per heavy atom. The first-order valence-corrected chi connectivity index (χ1v) is 7.61. The van der Waals surface area contributed by atoms with Crippen LogP contribution in [0.25, 0.3) is 0 Å². The van der Waals surface area contributed by atoms with Gasteiger partial charge in [-0.15, -0.1) is 0 Å². The van der Waals surface area contributed by atoms with Crippen molar-refractivity contribution in [2.75, 3.05) is 19.6 Å². The van der Waals surface area contributed by atoms with E-state index in [4.69, 9.17) is 5.73 Å². The molecule has 2 rings (SSSR count). The Bertz CT molecular complexity index is 416. The lowest BCUT2D eigenvalue weighted by Gasteiger charge is -2.23. The van der Waals surface area contributed by atoms with Gasteiger partial charge in [-0.1, -0.05) is 37.3 Å². The molecule has 0 amide bonds. The molecular formula is C16H26N4. The third-order valence-corrected chi connectivity index (χ3v) is 3.76. The van der Waals surface area contributed by atoms with Gasteiger partial charge in [0.2, 0.25) is 0 Å². The van der Waals surface area contributed by atoms with E-state index in [1.807, 2.05) is 0 Å². The van der Waals surface area contributed by atoms with Crippen molar-refractivity contribution in [3.63, 3.8) is 0 Å². The lowest BCUT2D eigenvalue weighted by atomic mass is 10.2. The SMILES string of the molecule is CCCNC(N)=NCC1CCCN1Cc1ccccc1. The number of rotatable bonds is 6. The molecule has 3 N–H and O–H groups in total. The molecular weight excluding hydrogens is 248 g/mol. The molecule has 0 bridgehead atoms. The zero-order valence-electron chi connectivity index (χ0n) is 12.4. The summed E-state index contributed by atoms with van der Waals surface area (Å²) in [5.74, 6) is 0.582. The lowest BCUT2D eigenvalue weighted by molar-refractivity contribution is 0.250. The first-order valence-electron chi connectivity index (χ1n) is 7.61. The summed E-state index contributed by atoms with van der Waals surface area (Å²) in [6.45, 7) is 6.00. The summed E-state index contributed by atoms with van der Waals surface area (Å²) in [6.07, 6.45) is 3.55. The Morgan fingerprint density at radius 3 is 2.95 bits per heavy atom. The van der Waals surface area contributed by atoms with Crippen molar-refractivity contribution in [3.8, 4) is 0 Å². The fourth-order valence-corrected chi connectivity index (χ4v) is 2.64. The van der Waals surface area contributed by atoms with Crippen molar-refractivity contribution in [3.05, 3.63) is 35.9 Å². The molecule has 20 heavy (non-hydrogen) atoms. The van der Waals surface area contributed by atoms with Crippen LogP contribution in [-0.4, -0.2) is 36.5 Å². The highest BCUT2D eigenvalue weighted by molar-refractivity contribution is 5.77. The van der Waals surface area contributed by atoms with E-state index in [1.54, 1.807) is 0 Å². The number of likely N-dealkylation sites (tertiary alicyclic amines) is 1. The van der Waals surface area contributed by atoms with E-state index in [1.165, 1.54) is 18.4 Å². The summed E-state index contributed by atoms with van der Waals surface area (Å²) >= 11 is 0. The van der Waals surface area contributed by atoms with Crippen LogP contribution in [-0.2, 0) is 6.54 Å². The zero-order chi connectivity index (χ0) is 14.2. The fourth-order valence-electron chi connectivity index (χ4n) is 2.64. The van der Waals surface area contributed by atoms with Crippen LogP contribution in [0.15, 0.2) is 35.3 Å². The number of hydrogen-bond acceptors (Lipinski definition) is 2. The second-order valence-electron chi connectivity index (χ2n) is 5.40. The molecule has 0 saturated carbocycles. The van der Waals surface area contributed by atoms with Crippen molar-refractivity contribution < 1.29 is 0 Å². The molecule has 4 heteroatoms. The van der Waals surface area contributed by atoms with Gasteiger partial charge in [0, 0.05) is 19.1 Å². The zero-order valence-corrected chi connectivity index (χ0v) is 12.4. The monoisotopic (exact) mass is 274 g/mol. The quantitative estimate of drug-likeness (QED) is 0.616. The van der Waals surface area contributed by atoms with Gasteiger partial charge in [0.25, 0.3) is 0 Å². The van der Waals surface area contributed by atoms with Crippen molar-refractivity contribution in [1.29, 1.82) is 0 Å². The van der Waals surface area contributed by atoms with Gasteiger partial charge in [-0.05, 0) is 31.4 Å². The second kappa shape index (κ2) is 7.90. The topological polar surface area (TPSA) is 53.6 Å². The Labute approximate surface area is 122 Å². The Hall–Kier alpha value is -1.55. The van der Waals surface area contributed by atoms with E-state index in [0.717, 1.165) is 32.6 Å². The van der Waals surface area contributed by atoms with Gasteiger partial charge in [-0.2, -0.15) is 0 Å². The fraction of sp³-hybridized carbons (Fsp3) is 0.562. The molecule has 1 heterocycles. The molecule has 1 aromatic rings. The maximum atomic E-state index is 5.86. The maximum Gasteiger partial charge on any atom is 0.188 e. The van der Waals surface area contributed by atoms with Crippen molar-refractivity contribution >= 4 is 5.96 Å². The molecule has 1 saturated heterocycles. The lowest BCUT2D eigenvalue weighted by Crippen LogP contribution is -2.35. The molecule has 0 spiro atoms. The van der Waals surface area contributed by atoms with E-state index in [0.29, 0.717) is 12.0 Å². The van der Waals surface area contributed by atoms with Crippen molar-refractivity contribution in [2.45, 2.75) is 38.8 Å². The number of nitrogens with one attached hydrogen (secondary N) is 1. The summed E-state index contributed by atoms with van der Waals surface area (Å²) in [5, 5.41) is 3.13. The van der Waals surface area contributed by atoms with E-state index in [-0.39, 0.29) is 0 Å². The number of nitrogens with zero attached hydrogens (tertiary/aromatic N) is 2. The van der Waals surface area contributed by atoms with Crippen LogP contribution in [0.5, 0.6) is 0 Å². The molecule has 1 fully saturated rings. The van der Waals surface area contributed by atoms with E-state index in [9.17, 15) is 0 Å². The van der Waals surface area contributed by atoms with E-state index in [2.05, 4.69) is 52.5 Å². The molecule has 1 unspecified atom stereocenters. The highest BCUT2D eigenvalue weighted by atomic mass is 15.2. The first kappa shape index (κ1) is 14.9. The molecule has 0 aromatic heterocycles. The smallest absolute Gasteiger partial charge is 0.188 e. The molecule has 1 aliphatic rings. The Balaban J connectivity index is 1.84. The molecule has 1 aliphatic heterocycles. The molecule has 110 valence electrons. The maximum absolute atomic E-state index is 5.86. The van der Waals surface area contributed by atoms with Gasteiger partial charge in [0.1, 0.15) is 0 Å². The summed E-state index contributed by atoms with van der Waals surface area (Å²) < 4.78 is 0. The minimum Gasteiger partial charge on any atom is -0.370 e. The van der Waals surface area contributed by atoms with Crippen LogP contribution in [0.1, 0.15) is 31.7 Å². The van der Waals surface area contributed by atoms with Gasteiger partial charge in [-0.25, -0.2) is 0 Å². The number of aliphatic imine (C=N–C) groups is 1. The Morgan fingerprint density at radius 2 is 2.20 bits per heavy atom. The minimum absolute atomic E-state index is 0.525. The van der Waals surface area contributed by atoms with Crippen molar-refractivity contribution in [1.82, 2.24) is 10.2 Å². The third kappa shape index (κ3) is 4.53. The molecule has 1 aromatic carbocycles. The standard InChI is InChI=1S/C16H26N4/c1-2-10-18-16(17)19-12-15-9-6-11-20(15)13-14-7-4-3-5-8-14/h3-5,7-8,15H,2,6,9-13H2,1H3,(H3,17,18,19). The summed E-state index contributed by atoms with van der Waals surface area (Å²) in [6, 6.07) is 11.2. The van der Waals surface area contributed by atoms with Crippen LogP contribution in [0.2, 0.25) is 0 Å². The normalized spacial score (nSPS) is 20.2. The second-order valence-corrected chi connectivity index (χ2v) is 5.40. The van der Waals surface area contributed by atoms with Crippen molar-refractivity contribution in [2.24, 2.45) is 10.7 Å². The summed E-state index contributed by atoms with van der Waals surface area (Å²) in [5.41, 5.74) is 7.23.